The van der Waals surface area contributed by atoms with Crippen molar-refractivity contribution in [3.05, 3.63) is 58.1 Å². The quantitative estimate of drug-likeness (QED) is 0.573. The molecule has 0 bridgehead atoms. The molecule has 0 radical (unpaired) electrons. The van der Waals surface area contributed by atoms with E-state index in [2.05, 4.69) is 40.6 Å². The number of hydrogen-bond acceptors (Lipinski definition) is 4. The number of carbonyl (C=O) groups excluding carboxylic acids is 2. The Bertz CT molecular complexity index is 835. The molecule has 6 nitrogen and oxygen atoms in total. The molecule has 0 unspecified atom stereocenters. The molecule has 0 aliphatic heterocycles. The van der Waals surface area contributed by atoms with Crippen LogP contribution in [-0.4, -0.2) is 25.0 Å². The van der Waals surface area contributed by atoms with Gasteiger partial charge in [-0.2, -0.15) is 0 Å². The van der Waals surface area contributed by atoms with E-state index < -0.39 is 11.8 Å². The van der Waals surface area contributed by atoms with Crippen molar-refractivity contribution < 1.29 is 19.1 Å². The minimum absolute atomic E-state index is 0.202. The molecule has 2 N–H and O–H groups in total. The first-order valence-electron chi connectivity index (χ1n) is 9.49. The lowest BCUT2D eigenvalue weighted by atomic mass is 10.0. The number of hydrazine groups is 1. The summed E-state index contributed by atoms with van der Waals surface area (Å²) in [5, 5.41) is 0. The van der Waals surface area contributed by atoms with Crippen LogP contribution in [-0.2, 0) is 9.59 Å². The monoisotopic (exact) mass is 462 g/mol. The van der Waals surface area contributed by atoms with Crippen LogP contribution in [0.3, 0.4) is 0 Å². The van der Waals surface area contributed by atoms with Crippen molar-refractivity contribution in [2.45, 2.75) is 39.5 Å². The zero-order valence-corrected chi connectivity index (χ0v) is 18.7. The number of carbonyl (C=O) groups is 2. The Labute approximate surface area is 180 Å². The van der Waals surface area contributed by atoms with Crippen molar-refractivity contribution in [3.63, 3.8) is 0 Å². The Morgan fingerprint density at radius 1 is 0.862 bits per heavy atom. The third-order valence-corrected chi connectivity index (χ3v) is 4.70. The molecule has 2 amide bonds. The standard InChI is InChI=1S/C22H27BrN2O4/c1-14(2)16-5-8-18(9-6-16)28-12-21(26)24-25-22(27)13-29-20-10-7-17(23)11-19(20)15(3)4/h5-11,14-15H,12-13H2,1-4H3,(H,24,26)(H,25,27). The summed E-state index contributed by atoms with van der Waals surface area (Å²) in [5.74, 6) is 0.986. The lowest BCUT2D eigenvalue weighted by molar-refractivity contribution is -0.131. The Morgan fingerprint density at radius 2 is 1.45 bits per heavy atom. The molecule has 0 saturated carbocycles. The highest BCUT2D eigenvalue weighted by molar-refractivity contribution is 9.10. The molecule has 2 rings (SSSR count). The van der Waals surface area contributed by atoms with Gasteiger partial charge in [-0.05, 0) is 53.3 Å². The number of rotatable bonds is 8. The van der Waals surface area contributed by atoms with E-state index in [-0.39, 0.29) is 19.1 Å². The van der Waals surface area contributed by atoms with Crippen molar-refractivity contribution >= 4 is 27.7 Å². The molecule has 0 spiro atoms. The van der Waals surface area contributed by atoms with E-state index in [0.717, 1.165) is 10.0 Å². The van der Waals surface area contributed by atoms with Crippen LogP contribution in [0, 0.1) is 0 Å². The van der Waals surface area contributed by atoms with E-state index in [9.17, 15) is 9.59 Å². The van der Waals surface area contributed by atoms with Gasteiger partial charge in [-0.25, -0.2) is 0 Å². The highest BCUT2D eigenvalue weighted by Crippen LogP contribution is 2.29. The summed E-state index contributed by atoms with van der Waals surface area (Å²) in [6.45, 7) is 7.90. The third kappa shape index (κ3) is 7.42. The van der Waals surface area contributed by atoms with Gasteiger partial charge in [-0.1, -0.05) is 55.8 Å². The van der Waals surface area contributed by atoms with Crippen LogP contribution in [0.5, 0.6) is 11.5 Å². The summed E-state index contributed by atoms with van der Waals surface area (Å²) in [5.41, 5.74) is 6.82. The van der Waals surface area contributed by atoms with Gasteiger partial charge in [0.2, 0.25) is 0 Å². The van der Waals surface area contributed by atoms with Gasteiger partial charge in [-0.3, -0.25) is 20.4 Å². The molecule has 2 aromatic rings. The lowest BCUT2D eigenvalue weighted by Crippen LogP contribution is -2.45. The summed E-state index contributed by atoms with van der Waals surface area (Å²) >= 11 is 3.43. The molecular weight excluding hydrogens is 436 g/mol. The minimum Gasteiger partial charge on any atom is -0.484 e. The van der Waals surface area contributed by atoms with E-state index in [1.54, 1.807) is 0 Å². The zero-order chi connectivity index (χ0) is 21.4. The van der Waals surface area contributed by atoms with Crippen LogP contribution in [0.15, 0.2) is 46.9 Å². The fraction of sp³-hybridized carbons (Fsp3) is 0.364. The topological polar surface area (TPSA) is 76.7 Å². The average Bonchev–Trinajstić information content (AvgIpc) is 2.69. The highest BCUT2D eigenvalue weighted by Gasteiger charge is 2.11. The molecule has 0 fully saturated rings. The molecule has 0 heterocycles. The van der Waals surface area contributed by atoms with Crippen LogP contribution >= 0.6 is 15.9 Å². The molecule has 156 valence electrons. The smallest absolute Gasteiger partial charge is 0.276 e. The lowest BCUT2D eigenvalue weighted by Gasteiger charge is -2.14. The number of halogens is 1. The Kier molecular flexibility index (Phi) is 8.51. The molecule has 7 heteroatoms. The maximum absolute atomic E-state index is 11.9. The van der Waals surface area contributed by atoms with Gasteiger partial charge in [0.15, 0.2) is 13.2 Å². The van der Waals surface area contributed by atoms with Crippen LogP contribution in [0.25, 0.3) is 0 Å². The van der Waals surface area contributed by atoms with Crippen molar-refractivity contribution in [1.82, 2.24) is 10.9 Å². The summed E-state index contributed by atoms with van der Waals surface area (Å²) in [6, 6.07) is 13.2. The fourth-order valence-electron chi connectivity index (χ4n) is 2.55. The normalized spacial score (nSPS) is 10.7. The van der Waals surface area contributed by atoms with Gasteiger partial charge in [0.25, 0.3) is 11.8 Å². The fourth-order valence-corrected chi connectivity index (χ4v) is 2.93. The van der Waals surface area contributed by atoms with Gasteiger partial charge in [0.1, 0.15) is 11.5 Å². The van der Waals surface area contributed by atoms with Gasteiger partial charge >= 0.3 is 0 Å². The number of ether oxygens (including phenoxy) is 2. The number of amides is 2. The summed E-state index contributed by atoms with van der Waals surface area (Å²) in [4.78, 5) is 23.8. The zero-order valence-electron chi connectivity index (χ0n) is 17.1. The largest absolute Gasteiger partial charge is 0.484 e. The summed E-state index contributed by atoms with van der Waals surface area (Å²) in [6.07, 6.45) is 0. The molecule has 29 heavy (non-hydrogen) atoms. The van der Waals surface area contributed by atoms with E-state index in [4.69, 9.17) is 9.47 Å². The van der Waals surface area contributed by atoms with E-state index >= 15 is 0 Å². The second-order valence-corrected chi connectivity index (χ2v) is 8.15. The van der Waals surface area contributed by atoms with Gasteiger partial charge < -0.3 is 9.47 Å². The Morgan fingerprint density at radius 3 is 2.00 bits per heavy atom. The number of hydrogen-bond donors (Lipinski definition) is 2. The maximum atomic E-state index is 11.9. The minimum atomic E-state index is -0.461. The SMILES string of the molecule is CC(C)c1ccc(OCC(=O)NNC(=O)COc2ccc(Br)cc2C(C)C)cc1. The molecular formula is C22H27BrN2O4. The van der Waals surface area contributed by atoms with Crippen LogP contribution in [0.4, 0.5) is 0 Å². The third-order valence-electron chi connectivity index (χ3n) is 4.21. The Balaban J connectivity index is 1.74. The van der Waals surface area contributed by atoms with E-state index in [1.807, 2.05) is 56.3 Å². The van der Waals surface area contributed by atoms with Crippen molar-refractivity contribution in [1.29, 1.82) is 0 Å². The first-order valence-corrected chi connectivity index (χ1v) is 10.3. The average molecular weight is 463 g/mol. The highest BCUT2D eigenvalue weighted by atomic mass is 79.9. The van der Waals surface area contributed by atoms with Crippen LogP contribution in [0.2, 0.25) is 0 Å². The predicted octanol–water partition coefficient (Wildman–Crippen LogP) is 4.30. The predicted molar refractivity (Wildman–Crippen MR) is 116 cm³/mol. The van der Waals surface area contributed by atoms with Gasteiger partial charge in [0, 0.05) is 4.47 Å². The molecule has 2 aromatic carbocycles. The van der Waals surface area contributed by atoms with Crippen LogP contribution < -0.4 is 20.3 Å². The van der Waals surface area contributed by atoms with Gasteiger partial charge in [0.05, 0.1) is 0 Å². The number of benzene rings is 2. The van der Waals surface area contributed by atoms with Crippen molar-refractivity contribution in [2.24, 2.45) is 0 Å². The number of nitrogens with one attached hydrogen (secondary N) is 2. The molecule has 0 atom stereocenters. The summed E-state index contributed by atoms with van der Waals surface area (Å²) in [7, 11) is 0. The molecule has 0 aliphatic rings. The van der Waals surface area contributed by atoms with Gasteiger partial charge in [-0.15, -0.1) is 0 Å². The molecule has 0 aliphatic carbocycles. The van der Waals surface area contributed by atoms with E-state index in [0.29, 0.717) is 17.4 Å². The second-order valence-electron chi connectivity index (χ2n) is 7.23. The summed E-state index contributed by atoms with van der Waals surface area (Å²) < 4.78 is 12.0. The van der Waals surface area contributed by atoms with E-state index in [1.165, 1.54) is 5.56 Å². The molecule has 0 aromatic heterocycles. The first kappa shape index (κ1) is 22.7. The second kappa shape index (κ2) is 10.9. The first-order chi connectivity index (χ1) is 13.8. The maximum Gasteiger partial charge on any atom is 0.276 e. The molecule has 0 saturated heterocycles. The Hall–Kier alpha value is -2.54. The van der Waals surface area contributed by atoms with Crippen molar-refractivity contribution in [2.75, 3.05) is 13.2 Å². The van der Waals surface area contributed by atoms with Crippen molar-refractivity contribution in [3.8, 4) is 11.5 Å². The van der Waals surface area contributed by atoms with Crippen LogP contribution in [0.1, 0.15) is 50.7 Å².